The fourth-order valence-corrected chi connectivity index (χ4v) is 1.91. The largest absolute Gasteiger partial charge is 0.377 e. The van der Waals surface area contributed by atoms with Crippen molar-refractivity contribution in [2.24, 2.45) is 5.73 Å². The minimum atomic E-state index is 0.00930. The number of morpholine rings is 1. The van der Waals surface area contributed by atoms with E-state index < -0.39 is 0 Å². The van der Waals surface area contributed by atoms with Crippen molar-refractivity contribution in [2.45, 2.75) is 24.3 Å². The molecule has 0 saturated carbocycles. The Morgan fingerprint density at radius 1 is 1.85 bits per heavy atom. The number of rotatable bonds is 3. The topological polar surface area (TPSA) is 38.5 Å². The number of hydrogen-bond acceptors (Lipinski definition) is 3. The SMILES string of the molecule is C=C(CC(N)Br)N1CCOCC1C. The lowest BCUT2D eigenvalue weighted by Crippen LogP contribution is -2.43. The van der Waals surface area contributed by atoms with E-state index in [1.807, 2.05) is 0 Å². The molecule has 2 atom stereocenters. The summed E-state index contributed by atoms with van der Waals surface area (Å²) >= 11 is 3.32. The van der Waals surface area contributed by atoms with E-state index in [-0.39, 0.29) is 4.95 Å². The van der Waals surface area contributed by atoms with Crippen LogP contribution in [-0.4, -0.2) is 35.7 Å². The van der Waals surface area contributed by atoms with Gasteiger partial charge in [-0.2, -0.15) is 0 Å². The van der Waals surface area contributed by atoms with Gasteiger partial charge in [0.25, 0.3) is 0 Å². The molecule has 2 N–H and O–H groups in total. The Bertz CT molecular complexity index is 184. The van der Waals surface area contributed by atoms with Crippen molar-refractivity contribution in [1.82, 2.24) is 4.90 Å². The summed E-state index contributed by atoms with van der Waals surface area (Å²) in [6.07, 6.45) is 0.796. The Morgan fingerprint density at radius 3 is 3.08 bits per heavy atom. The van der Waals surface area contributed by atoms with Crippen molar-refractivity contribution in [2.75, 3.05) is 19.8 Å². The quantitative estimate of drug-likeness (QED) is 0.605. The van der Waals surface area contributed by atoms with Crippen LogP contribution in [0.3, 0.4) is 0 Å². The van der Waals surface area contributed by atoms with Crippen LogP contribution in [0.5, 0.6) is 0 Å². The lowest BCUT2D eigenvalue weighted by atomic mass is 10.2. The molecule has 1 rings (SSSR count). The summed E-state index contributed by atoms with van der Waals surface area (Å²) in [6, 6.07) is 0.424. The zero-order chi connectivity index (χ0) is 9.84. The first-order valence-corrected chi connectivity index (χ1v) is 5.44. The molecule has 0 amide bonds. The smallest absolute Gasteiger partial charge is 0.0668 e. The first kappa shape index (κ1) is 11.0. The van der Waals surface area contributed by atoms with Gasteiger partial charge in [-0.05, 0) is 6.92 Å². The van der Waals surface area contributed by atoms with Gasteiger partial charge in [0.05, 0.1) is 18.2 Å². The molecule has 0 aliphatic carbocycles. The third-order valence-electron chi connectivity index (χ3n) is 2.20. The predicted octanol–water partition coefficient (Wildman–Crippen LogP) is 1.29. The summed E-state index contributed by atoms with van der Waals surface area (Å²) in [7, 11) is 0. The van der Waals surface area contributed by atoms with E-state index in [1.54, 1.807) is 0 Å². The number of alkyl halides is 1. The maximum Gasteiger partial charge on any atom is 0.0668 e. The van der Waals surface area contributed by atoms with Gasteiger partial charge in [-0.25, -0.2) is 0 Å². The predicted molar refractivity (Wildman–Crippen MR) is 57.6 cm³/mol. The second-order valence-corrected chi connectivity index (χ2v) is 4.58. The molecule has 4 heteroatoms. The maximum atomic E-state index is 5.64. The fraction of sp³-hybridized carbons (Fsp3) is 0.778. The molecule has 3 nitrogen and oxygen atoms in total. The Kier molecular flexibility index (Phi) is 4.22. The number of nitrogens with zero attached hydrogens (tertiary/aromatic N) is 1. The Hall–Kier alpha value is -0.0600. The van der Waals surface area contributed by atoms with Crippen LogP contribution in [0.4, 0.5) is 0 Å². The van der Waals surface area contributed by atoms with Crippen LogP contribution in [0.1, 0.15) is 13.3 Å². The highest BCUT2D eigenvalue weighted by atomic mass is 79.9. The zero-order valence-electron chi connectivity index (χ0n) is 8.00. The molecule has 0 radical (unpaired) electrons. The minimum absolute atomic E-state index is 0.00930. The van der Waals surface area contributed by atoms with Crippen molar-refractivity contribution in [1.29, 1.82) is 0 Å². The first-order valence-electron chi connectivity index (χ1n) is 4.53. The summed E-state index contributed by atoms with van der Waals surface area (Å²) in [6.45, 7) is 8.68. The highest BCUT2D eigenvalue weighted by molar-refractivity contribution is 9.09. The monoisotopic (exact) mass is 248 g/mol. The van der Waals surface area contributed by atoms with Crippen LogP contribution < -0.4 is 5.73 Å². The standard InChI is InChI=1S/C9H17BrN2O/c1-7(5-9(10)11)12-3-4-13-6-8(12)2/h8-9H,1,3-6,11H2,2H3. The summed E-state index contributed by atoms with van der Waals surface area (Å²) < 4.78 is 5.34. The van der Waals surface area contributed by atoms with E-state index in [9.17, 15) is 0 Å². The van der Waals surface area contributed by atoms with Crippen LogP contribution >= 0.6 is 15.9 Å². The minimum Gasteiger partial charge on any atom is -0.377 e. The molecule has 1 aliphatic heterocycles. The third kappa shape index (κ3) is 3.29. The molecule has 2 unspecified atom stereocenters. The lowest BCUT2D eigenvalue weighted by Gasteiger charge is -2.36. The van der Waals surface area contributed by atoms with Crippen LogP contribution in [-0.2, 0) is 4.74 Å². The normalized spacial score (nSPS) is 25.8. The summed E-state index contributed by atoms with van der Waals surface area (Å²) in [5.74, 6) is 0. The zero-order valence-corrected chi connectivity index (χ0v) is 9.59. The van der Waals surface area contributed by atoms with E-state index in [2.05, 4.69) is 34.3 Å². The third-order valence-corrected chi connectivity index (χ3v) is 2.53. The molecular weight excluding hydrogens is 232 g/mol. The second-order valence-electron chi connectivity index (χ2n) is 3.40. The molecule has 0 bridgehead atoms. The van der Waals surface area contributed by atoms with Gasteiger partial charge in [-0.15, -0.1) is 0 Å². The number of halogens is 1. The van der Waals surface area contributed by atoms with E-state index in [0.717, 1.165) is 31.9 Å². The van der Waals surface area contributed by atoms with Crippen molar-refractivity contribution in [3.05, 3.63) is 12.3 Å². The fourth-order valence-electron chi connectivity index (χ4n) is 1.54. The van der Waals surface area contributed by atoms with Gasteiger partial charge in [-0.3, -0.25) is 0 Å². The van der Waals surface area contributed by atoms with Crippen molar-refractivity contribution in [3.8, 4) is 0 Å². The van der Waals surface area contributed by atoms with E-state index in [1.165, 1.54) is 0 Å². The second kappa shape index (κ2) is 4.98. The molecular formula is C9H17BrN2O. The van der Waals surface area contributed by atoms with Gasteiger partial charge < -0.3 is 15.4 Å². The molecule has 0 spiro atoms. The van der Waals surface area contributed by atoms with Gasteiger partial charge in [0.15, 0.2) is 0 Å². The molecule has 76 valence electrons. The van der Waals surface area contributed by atoms with Crippen LogP contribution in [0.15, 0.2) is 12.3 Å². The van der Waals surface area contributed by atoms with E-state index >= 15 is 0 Å². The van der Waals surface area contributed by atoms with Crippen molar-refractivity contribution >= 4 is 15.9 Å². The van der Waals surface area contributed by atoms with Crippen LogP contribution in [0, 0.1) is 0 Å². The molecule has 1 aliphatic rings. The van der Waals surface area contributed by atoms with Gasteiger partial charge in [0.2, 0.25) is 0 Å². The Labute approximate surface area is 88.0 Å². The highest BCUT2D eigenvalue weighted by Crippen LogP contribution is 2.17. The summed E-state index contributed by atoms with van der Waals surface area (Å²) in [4.78, 5) is 2.28. The molecule has 1 fully saturated rings. The Balaban J connectivity index is 2.44. The van der Waals surface area contributed by atoms with Crippen LogP contribution in [0.25, 0.3) is 0 Å². The Morgan fingerprint density at radius 2 is 2.54 bits per heavy atom. The van der Waals surface area contributed by atoms with E-state index in [0.29, 0.717) is 6.04 Å². The molecule has 0 aromatic heterocycles. The number of nitrogens with two attached hydrogens (primary N) is 1. The van der Waals surface area contributed by atoms with Crippen LogP contribution in [0.2, 0.25) is 0 Å². The summed E-state index contributed by atoms with van der Waals surface area (Å²) in [5, 5.41) is 0. The molecule has 13 heavy (non-hydrogen) atoms. The number of hydrogen-bond donors (Lipinski definition) is 1. The van der Waals surface area contributed by atoms with Crippen molar-refractivity contribution < 1.29 is 4.74 Å². The van der Waals surface area contributed by atoms with Gasteiger partial charge in [0.1, 0.15) is 0 Å². The van der Waals surface area contributed by atoms with Gasteiger partial charge in [-0.1, -0.05) is 22.5 Å². The maximum absolute atomic E-state index is 5.64. The number of ether oxygens (including phenoxy) is 1. The lowest BCUT2D eigenvalue weighted by molar-refractivity contribution is 0.0156. The average molecular weight is 249 g/mol. The molecule has 1 saturated heterocycles. The average Bonchev–Trinajstić information content (AvgIpc) is 2.03. The molecule has 0 aromatic rings. The molecule has 0 aromatic carbocycles. The highest BCUT2D eigenvalue weighted by Gasteiger charge is 2.20. The van der Waals surface area contributed by atoms with E-state index in [4.69, 9.17) is 10.5 Å². The van der Waals surface area contributed by atoms with Gasteiger partial charge >= 0.3 is 0 Å². The molecule has 1 heterocycles. The van der Waals surface area contributed by atoms with Gasteiger partial charge in [0, 0.05) is 24.7 Å². The van der Waals surface area contributed by atoms with Crippen molar-refractivity contribution in [3.63, 3.8) is 0 Å². The first-order chi connectivity index (χ1) is 6.11. The summed E-state index contributed by atoms with van der Waals surface area (Å²) in [5.41, 5.74) is 6.74.